The second-order valence-corrected chi connectivity index (χ2v) is 1.63. The minimum atomic E-state index is -2.22. The Balaban J connectivity index is 4.24. The van der Waals surface area contributed by atoms with Gasteiger partial charge in [0.25, 0.3) is 6.10 Å². The molecule has 0 atom stereocenters. The number of hydrogen-bond acceptors (Lipinski definition) is 5. The molecule has 0 radical (unpaired) electrons. The molecule has 0 aromatic heterocycles. The van der Waals surface area contributed by atoms with Gasteiger partial charge in [0.1, 0.15) is 0 Å². The topological polar surface area (TPSA) is 110 Å². The van der Waals surface area contributed by atoms with Crippen LogP contribution in [0, 0.1) is 0 Å². The minimum absolute atomic E-state index is 0.934. The number of carbonyl (C=O) groups is 3. The molecule has 0 aliphatic carbocycles. The largest absolute Gasteiger partial charge is 0.509 e. The lowest BCUT2D eigenvalue weighted by molar-refractivity contribution is -0.162. The van der Waals surface area contributed by atoms with Crippen molar-refractivity contribution >= 4 is 18.1 Å². The number of ether oxygens (including phenoxy) is 2. The predicted molar refractivity (Wildman–Crippen MR) is 32.5 cm³/mol. The van der Waals surface area contributed by atoms with Gasteiger partial charge in [0.2, 0.25) is 0 Å². The van der Waals surface area contributed by atoms with Crippen molar-refractivity contribution in [3.63, 3.8) is 0 Å². The molecule has 0 spiro atoms. The van der Waals surface area contributed by atoms with E-state index in [0.29, 0.717) is 0 Å². The van der Waals surface area contributed by atoms with Crippen LogP contribution in [0.4, 0.5) is 4.79 Å². The third-order valence-electron chi connectivity index (χ3n) is 0.829. The Kier molecular flexibility index (Phi) is 3.54. The molecule has 0 bridgehead atoms. The van der Waals surface area contributed by atoms with Crippen molar-refractivity contribution in [3.8, 4) is 0 Å². The molecule has 12 heavy (non-hydrogen) atoms. The fourth-order valence-electron chi connectivity index (χ4n) is 0.351. The Labute approximate surface area is 66.5 Å². The maximum absolute atomic E-state index is 10.3. The highest BCUT2D eigenvalue weighted by Gasteiger charge is 2.30. The summed E-state index contributed by atoms with van der Waals surface area (Å²) in [6, 6.07) is 0. The second-order valence-electron chi connectivity index (χ2n) is 1.63. The zero-order valence-corrected chi connectivity index (χ0v) is 6.01. The van der Waals surface area contributed by atoms with Crippen LogP contribution in [0.2, 0.25) is 0 Å². The van der Waals surface area contributed by atoms with E-state index in [-0.39, 0.29) is 0 Å². The van der Waals surface area contributed by atoms with Crippen LogP contribution in [0.25, 0.3) is 0 Å². The second kappa shape index (κ2) is 4.16. The number of aliphatic carboxylic acids is 2. The first-order chi connectivity index (χ1) is 5.49. The van der Waals surface area contributed by atoms with E-state index in [9.17, 15) is 14.4 Å². The lowest BCUT2D eigenvalue weighted by Gasteiger charge is -2.06. The predicted octanol–water partition coefficient (Wildman–Crippen LogP) is -0.693. The summed E-state index contributed by atoms with van der Waals surface area (Å²) in [6.45, 7) is 0. The van der Waals surface area contributed by atoms with Crippen LogP contribution in [0.1, 0.15) is 0 Å². The highest BCUT2D eigenvalue weighted by molar-refractivity contribution is 5.97. The lowest BCUT2D eigenvalue weighted by atomic mass is 10.4. The summed E-state index contributed by atoms with van der Waals surface area (Å²) >= 11 is 0. The van der Waals surface area contributed by atoms with Crippen molar-refractivity contribution in [3.05, 3.63) is 0 Å². The Morgan fingerprint density at radius 3 is 1.83 bits per heavy atom. The van der Waals surface area contributed by atoms with Crippen molar-refractivity contribution in [2.45, 2.75) is 6.10 Å². The van der Waals surface area contributed by atoms with Crippen molar-refractivity contribution in [2.75, 3.05) is 7.11 Å². The van der Waals surface area contributed by atoms with Gasteiger partial charge in [0, 0.05) is 0 Å². The minimum Gasteiger partial charge on any atom is -0.478 e. The molecule has 2 N–H and O–H groups in total. The van der Waals surface area contributed by atoms with E-state index in [1.165, 1.54) is 0 Å². The van der Waals surface area contributed by atoms with E-state index in [4.69, 9.17) is 10.2 Å². The van der Waals surface area contributed by atoms with Gasteiger partial charge in [-0.05, 0) is 0 Å². The first kappa shape index (κ1) is 10.2. The molecule has 0 aliphatic rings. The van der Waals surface area contributed by atoms with E-state index in [1.807, 2.05) is 0 Å². The molecule has 0 aromatic rings. The Bertz CT molecular complexity index is 194. The molecular formula is C5H6O7. The summed E-state index contributed by atoms with van der Waals surface area (Å²) < 4.78 is 7.76. The van der Waals surface area contributed by atoms with Crippen molar-refractivity contribution in [1.29, 1.82) is 0 Å². The zero-order chi connectivity index (χ0) is 9.72. The lowest BCUT2D eigenvalue weighted by Crippen LogP contribution is -2.34. The monoisotopic (exact) mass is 178 g/mol. The highest BCUT2D eigenvalue weighted by atomic mass is 16.7. The molecule has 0 aromatic carbocycles. The number of carbonyl (C=O) groups excluding carboxylic acids is 1. The van der Waals surface area contributed by atoms with Crippen LogP contribution < -0.4 is 0 Å². The molecule has 0 amide bonds. The van der Waals surface area contributed by atoms with Gasteiger partial charge in [0.05, 0.1) is 7.11 Å². The molecule has 7 heteroatoms. The number of carboxylic acid groups (broad SMARTS) is 2. The molecule has 0 saturated heterocycles. The normalized spacial score (nSPS) is 9.17. The van der Waals surface area contributed by atoms with Crippen molar-refractivity contribution in [2.24, 2.45) is 0 Å². The van der Waals surface area contributed by atoms with Gasteiger partial charge in [-0.2, -0.15) is 0 Å². The summed E-state index contributed by atoms with van der Waals surface area (Å²) in [5.74, 6) is -3.54. The SMILES string of the molecule is COC(=O)OC(C(=O)O)C(=O)O. The Hall–Kier alpha value is -1.79. The van der Waals surface area contributed by atoms with Gasteiger partial charge in [-0.25, -0.2) is 14.4 Å². The average molecular weight is 178 g/mol. The van der Waals surface area contributed by atoms with E-state index in [1.54, 1.807) is 0 Å². The van der Waals surface area contributed by atoms with Gasteiger partial charge in [0.15, 0.2) is 0 Å². The summed E-state index contributed by atoms with van der Waals surface area (Å²) in [4.78, 5) is 30.4. The average Bonchev–Trinajstić information content (AvgIpc) is 1.98. The third-order valence-corrected chi connectivity index (χ3v) is 0.829. The van der Waals surface area contributed by atoms with Crippen LogP contribution in [-0.2, 0) is 19.1 Å². The molecule has 0 saturated carbocycles. The van der Waals surface area contributed by atoms with E-state index in [0.717, 1.165) is 7.11 Å². The summed E-state index contributed by atoms with van der Waals surface area (Å²) in [6.07, 6.45) is -3.58. The first-order valence-electron chi connectivity index (χ1n) is 2.69. The van der Waals surface area contributed by atoms with Gasteiger partial charge in [-0.3, -0.25) is 0 Å². The maximum Gasteiger partial charge on any atom is 0.509 e. The summed E-state index contributed by atoms with van der Waals surface area (Å²) in [7, 11) is 0.934. The van der Waals surface area contributed by atoms with Crippen LogP contribution in [-0.4, -0.2) is 41.5 Å². The molecule has 0 heterocycles. The van der Waals surface area contributed by atoms with Crippen molar-refractivity contribution in [1.82, 2.24) is 0 Å². The number of carboxylic acids is 2. The molecule has 0 rings (SSSR count). The summed E-state index contributed by atoms with van der Waals surface area (Å²) in [5.41, 5.74) is 0. The Morgan fingerprint density at radius 1 is 1.17 bits per heavy atom. The zero-order valence-electron chi connectivity index (χ0n) is 6.01. The molecule has 0 unspecified atom stereocenters. The van der Waals surface area contributed by atoms with Crippen LogP contribution in [0.15, 0.2) is 0 Å². The molecular weight excluding hydrogens is 172 g/mol. The van der Waals surface area contributed by atoms with Crippen LogP contribution in [0.5, 0.6) is 0 Å². The quantitative estimate of drug-likeness (QED) is 0.434. The Morgan fingerprint density at radius 2 is 1.58 bits per heavy atom. The highest BCUT2D eigenvalue weighted by Crippen LogP contribution is 1.95. The van der Waals surface area contributed by atoms with Crippen molar-refractivity contribution < 1.29 is 34.1 Å². The van der Waals surface area contributed by atoms with Crippen LogP contribution in [0.3, 0.4) is 0 Å². The van der Waals surface area contributed by atoms with Gasteiger partial charge in [-0.15, -0.1) is 0 Å². The fourth-order valence-corrected chi connectivity index (χ4v) is 0.351. The first-order valence-corrected chi connectivity index (χ1v) is 2.69. The van der Waals surface area contributed by atoms with E-state index in [2.05, 4.69) is 9.47 Å². The fraction of sp³-hybridized carbons (Fsp3) is 0.400. The smallest absolute Gasteiger partial charge is 0.478 e. The number of rotatable bonds is 3. The molecule has 7 nitrogen and oxygen atoms in total. The number of hydrogen-bond donors (Lipinski definition) is 2. The van der Waals surface area contributed by atoms with Gasteiger partial charge >= 0.3 is 18.1 Å². The molecule has 0 fully saturated rings. The van der Waals surface area contributed by atoms with Crippen LogP contribution >= 0.6 is 0 Å². The van der Waals surface area contributed by atoms with Gasteiger partial charge < -0.3 is 19.7 Å². The third kappa shape index (κ3) is 2.86. The standard InChI is InChI=1S/C5H6O7/c1-11-5(10)12-2(3(6)7)4(8)9/h2H,1H3,(H,6,7)(H,8,9). The number of methoxy groups -OCH3 is 1. The maximum atomic E-state index is 10.3. The van der Waals surface area contributed by atoms with E-state index >= 15 is 0 Å². The molecule has 68 valence electrons. The molecule has 0 aliphatic heterocycles. The summed E-state index contributed by atoms with van der Waals surface area (Å²) in [5, 5.41) is 16.3. The van der Waals surface area contributed by atoms with E-state index < -0.39 is 24.2 Å². The van der Waals surface area contributed by atoms with Gasteiger partial charge in [-0.1, -0.05) is 0 Å².